The Balaban J connectivity index is 1.80. The van der Waals surface area contributed by atoms with E-state index in [1.54, 1.807) is 0 Å². The fourth-order valence-corrected chi connectivity index (χ4v) is 2.91. The topological polar surface area (TPSA) is 68.8 Å². The van der Waals surface area contributed by atoms with Gasteiger partial charge in [0.1, 0.15) is 6.04 Å². The molecule has 128 valence electrons. The minimum Gasteiger partial charge on any atom is -0.465 e. The molecule has 1 unspecified atom stereocenters. The Hall–Kier alpha value is -0.690. The molecule has 2 saturated heterocycles. The van der Waals surface area contributed by atoms with Gasteiger partial charge in [0.2, 0.25) is 0 Å². The Labute approximate surface area is 133 Å². The average Bonchev–Trinajstić information content (AvgIpc) is 2.50. The lowest BCUT2D eigenvalue weighted by Crippen LogP contribution is -2.67. The van der Waals surface area contributed by atoms with E-state index in [1.165, 1.54) is 0 Å². The number of ether oxygens (including phenoxy) is 2. The van der Waals surface area contributed by atoms with Gasteiger partial charge in [0.25, 0.3) is 0 Å². The van der Waals surface area contributed by atoms with E-state index in [2.05, 4.69) is 24.6 Å². The highest BCUT2D eigenvalue weighted by atomic mass is 16.6. The molecule has 22 heavy (non-hydrogen) atoms. The van der Waals surface area contributed by atoms with E-state index in [9.17, 15) is 4.79 Å². The van der Waals surface area contributed by atoms with Crippen molar-refractivity contribution in [1.29, 1.82) is 0 Å². The van der Waals surface area contributed by atoms with Crippen LogP contribution in [0.3, 0.4) is 0 Å². The van der Waals surface area contributed by atoms with Crippen LogP contribution in [0.1, 0.15) is 46.0 Å². The van der Waals surface area contributed by atoms with Crippen LogP contribution in [0.2, 0.25) is 0 Å². The van der Waals surface area contributed by atoms with Crippen LogP contribution >= 0.6 is 0 Å². The number of hydroxylamine groups is 1. The van der Waals surface area contributed by atoms with Crippen LogP contribution < -0.4 is 10.8 Å². The number of nitrogens with one attached hydrogen (secondary N) is 2. The Morgan fingerprint density at radius 2 is 2.00 bits per heavy atom. The smallest absolute Gasteiger partial charge is 0.323 e. The molecular weight excluding hydrogens is 284 g/mol. The molecule has 6 nitrogen and oxygen atoms in total. The quantitative estimate of drug-likeness (QED) is 0.381. The summed E-state index contributed by atoms with van der Waals surface area (Å²) in [6.07, 6.45) is 4.85. The highest BCUT2D eigenvalue weighted by molar-refractivity contribution is 5.76. The van der Waals surface area contributed by atoms with Gasteiger partial charge in [-0.25, -0.2) is 0 Å². The fourth-order valence-electron chi connectivity index (χ4n) is 2.91. The molecule has 2 N–H and O–H groups in total. The maximum Gasteiger partial charge on any atom is 0.323 e. The number of rotatable bonds is 9. The largest absolute Gasteiger partial charge is 0.465 e. The maximum atomic E-state index is 12.1. The summed E-state index contributed by atoms with van der Waals surface area (Å²) in [4.78, 5) is 17.7. The Morgan fingerprint density at radius 3 is 2.64 bits per heavy atom. The summed E-state index contributed by atoms with van der Waals surface area (Å²) in [5, 5.41) is 3.29. The summed E-state index contributed by atoms with van der Waals surface area (Å²) < 4.78 is 10.8. The zero-order valence-corrected chi connectivity index (χ0v) is 13.9. The van der Waals surface area contributed by atoms with Crippen molar-refractivity contribution < 1.29 is 19.1 Å². The molecule has 2 rings (SSSR count). The predicted octanol–water partition coefficient (Wildman–Crippen LogP) is 1.40. The summed E-state index contributed by atoms with van der Waals surface area (Å²) in [5.74, 6) is -0.134. The third-order valence-electron chi connectivity index (χ3n) is 4.55. The van der Waals surface area contributed by atoms with Crippen molar-refractivity contribution in [3.05, 3.63) is 0 Å². The lowest BCUT2D eigenvalue weighted by Gasteiger charge is -2.51. The van der Waals surface area contributed by atoms with Crippen LogP contribution in [0.5, 0.6) is 0 Å². The molecule has 0 amide bonds. The third-order valence-corrected chi connectivity index (χ3v) is 4.55. The van der Waals surface area contributed by atoms with Crippen molar-refractivity contribution in [3.63, 3.8) is 0 Å². The molecule has 0 saturated carbocycles. The van der Waals surface area contributed by atoms with E-state index in [0.29, 0.717) is 33.0 Å². The van der Waals surface area contributed by atoms with Gasteiger partial charge in [-0.1, -0.05) is 26.7 Å². The first kappa shape index (κ1) is 17.7. The van der Waals surface area contributed by atoms with Crippen molar-refractivity contribution in [3.8, 4) is 0 Å². The molecule has 1 spiro atoms. The molecule has 0 aliphatic carbocycles. The van der Waals surface area contributed by atoms with Gasteiger partial charge >= 0.3 is 5.97 Å². The van der Waals surface area contributed by atoms with Crippen LogP contribution in [-0.4, -0.2) is 51.0 Å². The minimum atomic E-state index is -0.227. The van der Waals surface area contributed by atoms with Crippen molar-refractivity contribution in [2.75, 3.05) is 33.0 Å². The summed E-state index contributed by atoms with van der Waals surface area (Å²) in [5.41, 5.74) is 3.16. The monoisotopic (exact) mass is 314 g/mol. The SMILES string of the molecule is CCCCONC1CN[C@H](C(=O)OCCCC)CC12COC2. The second kappa shape index (κ2) is 8.82. The highest BCUT2D eigenvalue weighted by Gasteiger charge is 2.51. The van der Waals surface area contributed by atoms with Crippen molar-refractivity contribution in [2.24, 2.45) is 5.41 Å². The first-order chi connectivity index (χ1) is 10.7. The van der Waals surface area contributed by atoms with Gasteiger partial charge in [0.05, 0.1) is 32.5 Å². The van der Waals surface area contributed by atoms with E-state index in [1.807, 2.05) is 0 Å². The third kappa shape index (κ3) is 4.41. The van der Waals surface area contributed by atoms with Gasteiger partial charge in [0.15, 0.2) is 0 Å². The van der Waals surface area contributed by atoms with E-state index in [0.717, 1.165) is 32.1 Å². The number of hydrogen-bond donors (Lipinski definition) is 2. The number of unbranched alkanes of at least 4 members (excludes halogenated alkanes) is 2. The molecule has 0 aromatic heterocycles. The summed E-state index contributed by atoms with van der Waals surface area (Å²) in [7, 11) is 0. The van der Waals surface area contributed by atoms with E-state index in [4.69, 9.17) is 14.3 Å². The summed E-state index contributed by atoms with van der Waals surface area (Å²) >= 11 is 0. The van der Waals surface area contributed by atoms with Crippen molar-refractivity contribution in [2.45, 2.75) is 58.0 Å². The normalized spacial score (nSPS) is 26.6. The van der Waals surface area contributed by atoms with Gasteiger partial charge in [-0.15, -0.1) is 0 Å². The molecule has 2 atom stereocenters. The lowest BCUT2D eigenvalue weighted by molar-refractivity contribution is -0.182. The van der Waals surface area contributed by atoms with Crippen molar-refractivity contribution in [1.82, 2.24) is 10.8 Å². The van der Waals surface area contributed by atoms with E-state index in [-0.39, 0.29) is 23.5 Å². The molecule has 0 aromatic rings. The van der Waals surface area contributed by atoms with Gasteiger partial charge in [-0.3, -0.25) is 4.79 Å². The standard InChI is InChI=1S/C16H30N2O4/c1-3-5-7-21-15(19)13-9-16(11-20-12-16)14(10-17-13)18-22-8-6-4-2/h13-14,17-18H,3-12H2,1-2H3/t13-,14?/m0/s1. The molecule has 6 heteroatoms. The zero-order chi connectivity index (χ0) is 15.8. The minimum absolute atomic E-state index is 0.00803. The number of esters is 1. The highest BCUT2D eigenvalue weighted by Crippen LogP contribution is 2.39. The number of carbonyl (C=O) groups excluding carboxylic acids is 1. The Bertz CT molecular complexity index is 347. The molecule has 2 fully saturated rings. The second-order valence-electron chi connectivity index (χ2n) is 6.41. The second-order valence-corrected chi connectivity index (χ2v) is 6.41. The maximum absolute atomic E-state index is 12.1. The summed E-state index contributed by atoms with van der Waals surface area (Å²) in [6.45, 7) is 7.52. The van der Waals surface area contributed by atoms with Gasteiger partial charge in [-0.2, -0.15) is 5.48 Å². The molecule has 0 bridgehead atoms. The lowest BCUT2D eigenvalue weighted by atomic mass is 9.71. The number of piperidine rings is 1. The van der Waals surface area contributed by atoms with Crippen LogP contribution in [0.25, 0.3) is 0 Å². The molecule has 2 aliphatic rings. The van der Waals surface area contributed by atoms with Crippen LogP contribution in [-0.2, 0) is 19.1 Å². The molecule has 0 radical (unpaired) electrons. The fraction of sp³-hybridized carbons (Fsp3) is 0.938. The molecular formula is C16H30N2O4. The van der Waals surface area contributed by atoms with Crippen LogP contribution in [0.15, 0.2) is 0 Å². The molecule has 2 aliphatic heterocycles. The number of carbonyl (C=O) groups is 1. The van der Waals surface area contributed by atoms with Gasteiger partial charge in [-0.05, 0) is 19.3 Å². The predicted molar refractivity (Wildman–Crippen MR) is 83.3 cm³/mol. The molecule has 0 aromatic carbocycles. The van der Waals surface area contributed by atoms with E-state index >= 15 is 0 Å². The Kier molecular flexibility index (Phi) is 7.08. The molecule has 2 heterocycles. The van der Waals surface area contributed by atoms with Crippen LogP contribution in [0, 0.1) is 5.41 Å². The Morgan fingerprint density at radius 1 is 1.27 bits per heavy atom. The van der Waals surface area contributed by atoms with E-state index < -0.39 is 0 Å². The summed E-state index contributed by atoms with van der Waals surface area (Å²) in [6, 6.07) is -0.0488. The van der Waals surface area contributed by atoms with Crippen molar-refractivity contribution >= 4 is 5.97 Å². The first-order valence-electron chi connectivity index (χ1n) is 8.57. The first-order valence-corrected chi connectivity index (χ1v) is 8.57. The van der Waals surface area contributed by atoms with Gasteiger partial charge < -0.3 is 19.6 Å². The average molecular weight is 314 g/mol. The number of hydrogen-bond acceptors (Lipinski definition) is 6. The zero-order valence-electron chi connectivity index (χ0n) is 13.9. The van der Waals surface area contributed by atoms with Gasteiger partial charge in [0, 0.05) is 12.0 Å². The van der Waals surface area contributed by atoms with Crippen LogP contribution in [0.4, 0.5) is 0 Å².